The first kappa shape index (κ1) is 27.7. The number of fused-ring (bicyclic) bond motifs is 3. The van der Waals surface area contributed by atoms with Crippen LogP contribution in [0.3, 0.4) is 0 Å². The van der Waals surface area contributed by atoms with Gasteiger partial charge in [0, 0.05) is 69.7 Å². The summed E-state index contributed by atoms with van der Waals surface area (Å²) >= 11 is 0. The normalized spacial score (nSPS) is 20.7. The van der Waals surface area contributed by atoms with Crippen LogP contribution in [0.5, 0.6) is 0 Å². The molecule has 0 radical (unpaired) electrons. The molecular formula is C29H39F2N5O3. The van der Waals surface area contributed by atoms with Gasteiger partial charge in [0.05, 0.1) is 22.6 Å². The average Bonchev–Trinajstić information content (AvgIpc) is 3.32. The van der Waals surface area contributed by atoms with E-state index in [4.69, 9.17) is 4.74 Å². The molecule has 1 saturated carbocycles. The molecule has 5 rings (SSSR count). The molecule has 1 N–H and O–H groups in total. The fourth-order valence-corrected chi connectivity index (χ4v) is 6.17. The van der Waals surface area contributed by atoms with Crippen molar-refractivity contribution in [2.75, 3.05) is 39.9 Å². The van der Waals surface area contributed by atoms with Gasteiger partial charge in [0.1, 0.15) is 0 Å². The lowest BCUT2D eigenvalue weighted by Gasteiger charge is -2.40. The Morgan fingerprint density at radius 2 is 1.95 bits per heavy atom. The Morgan fingerprint density at radius 1 is 1.18 bits per heavy atom. The first-order chi connectivity index (χ1) is 18.7. The van der Waals surface area contributed by atoms with Crippen molar-refractivity contribution in [3.63, 3.8) is 0 Å². The Labute approximate surface area is 227 Å². The van der Waals surface area contributed by atoms with Crippen LogP contribution in [0, 0.1) is 12.8 Å². The number of nitrogens with one attached hydrogen (secondary N) is 1. The van der Waals surface area contributed by atoms with Gasteiger partial charge in [-0.25, -0.2) is 8.78 Å². The van der Waals surface area contributed by atoms with Crippen molar-refractivity contribution in [1.82, 2.24) is 24.6 Å². The third-order valence-corrected chi connectivity index (χ3v) is 8.55. The minimum atomic E-state index is -2.59. The van der Waals surface area contributed by atoms with E-state index in [1.54, 1.807) is 18.0 Å². The zero-order chi connectivity index (χ0) is 27.7. The average molecular weight is 544 g/mol. The van der Waals surface area contributed by atoms with E-state index in [1.165, 1.54) is 0 Å². The van der Waals surface area contributed by atoms with Gasteiger partial charge in [-0.15, -0.1) is 0 Å². The molecule has 39 heavy (non-hydrogen) atoms. The number of alkyl halides is 2. The van der Waals surface area contributed by atoms with Crippen molar-refractivity contribution in [1.29, 1.82) is 0 Å². The summed E-state index contributed by atoms with van der Waals surface area (Å²) in [5.41, 5.74) is 2.48. The summed E-state index contributed by atoms with van der Waals surface area (Å²) in [5.74, 6) is -2.53. The molecular weight excluding hydrogens is 504 g/mol. The number of H-pyrrole nitrogens is 1. The summed E-state index contributed by atoms with van der Waals surface area (Å²) in [7, 11) is 1.72. The van der Waals surface area contributed by atoms with Gasteiger partial charge in [-0.3, -0.25) is 19.2 Å². The second kappa shape index (κ2) is 11.3. The van der Waals surface area contributed by atoms with E-state index >= 15 is 0 Å². The largest absolute Gasteiger partial charge is 0.385 e. The molecule has 1 aliphatic heterocycles. The number of pyridine rings is 1. The fraction of sp³-hybridized carbons (Fsp3) is 0.621. The van der Waals surface area contributed by atoms with Gasteiger partial charge in [0.25, 0.3) is 11.5 Å². The lowest BCUT2D eigenvalue weighted by molar-refractivity contribution is -0.0475. The maximum absolute atomic E-state index is 13.7. The Morgan fingerprint density at radius 3 is 2.67 bits per heavy atom. The van der Waals surface area contributed by atoms with Crippen LogP contribution in [0.1, 0.15) is 61.4 Å². The number of aryl methyl sites for hydroxylation is 1. The third kappa shape index (κ3) is 5.87. The monoisotopic (exact) mass is 543 g/mol. The molecule has 1 unspecified atom stereocenters. The van der Waals surface area contributed by atoms with Gasteiger partial charge in [-0.1, -0.05) is 0 Å². The molecule has 10 heteroatoms. The number of halogens is 2. The van der Waals surface area contributed by atoms with Crippen molar-refractivity contribution in [2.24, 2.45) is 5.92 Å². The van der Waals surface area contributed by atoms with Gasteiger partial charge >= 0.3 is 0 Å². The second-order valence-corrected chi connectivity index (χ2v) is 11.4. The standard InChI is InChI=1S/C29H39F2N5O3/c1-19-14-25-23(15-22(19)28(38)35-12-11-34(20(2)17-35)10-4-5-13-39-3)26-24(27(37)33-25)16-32-36(26)18-21-6-8-29(30,31)9-7-21/h14-16,20-21H,4-13,17-18H2,1-3H3,(H,33,37). The first-order valence-electron chi connectivity index (χ1n) is 14.1. The van der Waals surface area contributed by atoms with Crippen LogP contribution < -0.4 is 5.56 Å². The lowest BCUT2D eigenvalue weighted by Crippen LogP contribution is -2.53. The molecule has 1 aromatic carbocycles. The van der Waals surface area contributed by atoms with Crippen LogP contribution in [0.2, 0.25) is 0 Å². The van der Waals surface area contributed by atoms with Crippen LogP contribution in [0.4, 0.5) is 8.78 Å². The van der Waals surface area contributed by atoms with E-state index in [0.29, 0.717) is 54.5 Å². The Kier molecular flexibility index (Phi) is 8.05. The molecule has 2 fully saturated rings. The number of benzene rings is 1. The highest BCUT2D eigenvalue weighted by atomic mass is 19.3. The maximum atomic E-state index is 13.7. The smallest absolute Gasteiger partial charge is 0.259 e. The van der Waals surface area contributed by atoms with E-state index < -0.39 is 5.92 Å². The number of amides is 1. The van der Waals surface area contributed by atoms with Crippen molar-refractivity contribution in [3.8, 4) is 0 Å². The van der Waals surface area contributed by atoms with E-state index in [9.17, 15) is 18.4 Å². The Bertz CT molecular complexity index is 1390. The molecule has 1 saturated heterocycles. The zero-order valence-electron chi connectivity index (χ0n) is 23.1. The Hall–Kier alpha value is -2.85. The van der Waals surface area contributed by atoms with E-state index in [0.717, 1.165) is 43.5 Å². The number of piperazine rings is 1. The highest BCUT2D eigenvalue weighted by Crippen LogP contribution is 2.37. The van der Waals surface area contributed by atoms with Crippen LogP contribution in [0.25, 0.3) is 21.8 Å². The quantitative estimate of drug-likeness (QED) is 0.421. The predicted molar refractivity (Wildman–Crippen MR) is 148 cm³/mol. The number of unbranched alkanes of at least 4 members (excludes halogenated alkanes) is 1. The van der Waals surface area contributed by atoms with Gasteiger partial charge in [-0.05, 0) is 69.7 Å². The molecule has 0 bridgehead atoms. The Balaban J connectivity index is 1.40. The molecule has 212 valence electrons. The predicted octanol–water partition coefficient (Wildman–Crippen LogP) is 4.58. The molecule has 1 aliphatic carbocycles. The molecule has 8 nitrogen and oxygen atoms in total. The van der Waals surface area contributed by atoms with E-state index in [-0.39, 0.29) is 36.3 Å². The molecule has 0 spiro atoms. The molecule has 1 atom stereocenters. The number of carbonyl (C=O) groups is 1. The van der Waals surface area contributed by atoms with E-state index in [1.807, 2.05) is 24.0 Å². The van der Waals surface area contributed by atoms with Crippen LogP contribution in [0.15, 0.2) is 23.1 Å². The van der Waals surface area contributed by atoms with Crippen LogP contribution in [-0.2, 0) is 11.3 Å². The summed E-state index contributed by atoms with van der Waals surface area (Å²) in [6.07, 6.45) is 4.26. The zero-order valence-corrected chi connectivity index (χ0v) is 23.1. The highest BCUT2D eigenvalue weighted by molar-refractivity contribution is 6.07. The van der Waals surface area contributed by atoms with Crippen molar-refractivity contribution in [3.05, 3.63) is 39.8 Å². The number of nitrogens with zero attached hydrogens (tertiary/aromatic N) is 4. The summed E-state index contributed by atoms with van der Waals surface area (Å²) < 4.78 is 34.3. The minimum Gasteiger partial charge on any atom is -0.385 e. The van der Waals surface area contributed by atoms with Crippen LogP contribution >= 0.6 is 0 Å². The topological polar surface area (TPSA) is 83.5 Å². The second-order valence-electron chi connectivity index (χ2n) is 11.4. The van der Waals surface area contributed by atoms with Crippen molar-refractivity contribution < 1.29 is 18.3 Å². The number of hydrogen-bond acceptors (Lipinski definition) is 5. The number of aromatic nitrogens is 3. The molecule has 2 aliphatic rings. The van der Waals surface area contributed by atoms with Gasteiger partial charge in [-0.2, -0.15) is 5.10 Å². The molecule has 3 aromatic rings. The molecule has 2 aromatic heterocycles. The summed E-state index contributed by atoms with van der Waals surface area (Å²) in [4.78, 5) is 33.9. The number of ether oxygens (including phenoxy) is 1. The molecule has 3 heterocycles. The SMILES string of the molecule is COCCCCN1CCN(C(=O)c2cc3c(cc2C)[nH]c(=O)c2cnn(CC4CCC(F)(F)CC4)c23)CC1C. The number of methoxy groups -OCH3 is 1. The number of carbonyl (C=O) groups excluding carboxylic acids is 1. The van der Waals surface area contributed by atoms with Gasteiger partial charge < -0.3 is 14.6 Å². The number of aromatic amines is 1. The summed E-state index contributed by atoms with van der Waals surface area (Å²) in [6, 6.07) is 4.00. The summed E-state index contributed by atoms with van der Waals surface area (Å²) in [6.45, 7) is 8.44. The number of rotatable bonds is 8. The maximum Gasteiger partial charge on any atom is 0.259 e. The third-order valence-electron chi connectivity index (χ3n) is 8.55. The lowest BCUT2D eigenvalue weighted by atomic mass is 9.87. The number of hydrogen-bond donors (Lipinski definition) is 1. The van der Waals surface area contributed by atoms with Crippen molar-refractivity contribution >= 4 is 27.7 Å². The molecule has 1 amide bonds. The van der Waals surface area contributed by atoms with Gasteiger partial charge in [0.15, 0.2) is 0 Å². The fourth-order valence-electron chi connectivity index (χ4n) is 6.17. The van der Waals surface area contributed by atoms with Crippen molar-refractivity contribution in [2.45, 2.75) is 70.9 Å². The highest BCUT2D eigenvalue weighted by Gasteiger charge is 2.35. The summed E-state index contributed by atoms with van der Waals surface area (Å²) in [5, 5.41) is 5.68. The van der Waals surface area contributed by atoms with Crippen LogP contribution in [-0.4, -0.2) is 82.3 Å². The van der Waals surface area contributed by atoms with Gasteiger partial charge in [0.2, 0.25) is 5.92 Å². The minimum absolute atomic E-state index is 0.0137. The first-order valence-corrected chi connectivity index (χ1v) is 14.1. The van der Waals surface area contributed by atoms with E-state index in [2.05, 4.69) is 21.9 Å².